The Morgan fingerprint density at radius 2 is 1.81 bits per heavy atom. The fourth-order valence-corrected chi connectivity index (χ4v) is 2.72. The van der Waals surface area contributed by atoms with E-state index < -0.39 is 0 Å². The monoisotopic (exact) mass is 289 g/mol. The average molecular weight is 289 g/mol. The fraction of sp³-hybridized carbons (Fsp3) is 0.632. The SMILES string of the molecule is CCCCCCC(CC)C(=O)NC(C)Cc1ccccc1. The predicted octanol–water partition coefficient (Wildman–Crippen LogP) is 4.73. The molecule has 0 fully saturated rings. The van der Waals surface area contributed by atoms with Crippen LogP contribution in [0, 0.1) is 5.92 Å². The number of carbonyl (C=O) groups excluding carboxylic acids is 1. The third kappa shape index (κ3) is 7.31. The fourth-order valence-electron chi connectivity index (χ4n) is 2.72. The van der Waals surface area contributed by atoms with Crippen LogP contribution in [0.4, 0.5) is 0 Å². The Labute approximate surface area is 130 Å². The van der Waals surface area contributed by atoms with Crippen molar-refractivity contribution < 1.29 is 4.79 Å². The average Bonchev–Trinajstić information content (AvgIpc) is 2.48. The van der Waals surface area contributed by atoms with Crippen LogP contribution in [-0.4, -0.2) is 11.9 Å². The van der Waals surface area contributed by atoms with E-state index in [9.17, 15) is 4.79 Å². The zero-order valence-corrected chi connectivity index (χ0v) is 13.9. The van der Waals surface area contributed by atoms with Crippen molar-refractivity contribution >= 4 is 5.91 Å². The molecule has 1 aromatic rings. The minimum atomic E-state index is 0.181. The molecule has 2 unspecified atom stereocenters. The summed E-state index contributed by atoms with van der Waals surface area (Å²) in [4.78, 5) is 12.3. The summed E-state index contributed by atoms with van der Waals surface area (Å²) in [6.45, 7) is 6.43. The summed E-state index contributed by atoms with van der Waals surface area (Å²) in [5.74, 6) is 0.414. The molecule has 2 heteroatoms. The summed E-state index contributed by atoms with van der Waals surface area (Å²) in [7, 11) is 0. The molecule has 21 heavy (non-hydrogen) atoms. The second-order valence-electron chi connectivity index (χ2n) is 6.05. The van der Waals surface area contributed by atoms with Crippen molar-refractivity contribution in [3.05, 3.63) is 35.9 Å². The molecule has 0 saturated heterocycles. The van der Waals surface area contributed by atoms with Gasteiger partial charge >= 0.3 is 0 Å². The Morgan fingerprint density at radius 3 is 2.43 bits per heavy atom. The minimum Gasteiger partial charge on any atom is -0.353 e. The number of nitrogens with one attached hydrogen (secondary N) is 1. The molecule has 2 atom stereocenters. The molecule has 0 radical (unpaired) electrons. The van der Waals surface area contributed by atoms with E-state index in [-0.39, 0.29) is 17.9 Å². The highest BCUT2D eigenvalue weighted by atomic mass is 16.1. The zero-order valence-electron chi connectivity index (χ0n) is 13.9. The lowest BCUT2D eigenvalue weighted by molar-refractivity contribution is -0.125. The lowest BCUT2D eigenvalue weighted by atomic mass is 9.96. The number of carbonyl (C=O) groups is 1. The molecule has 0 aliphatic carbocycles. The molecule has 0 aromatic heterocycles. The normalized spacial score (nSPS) is 13.7. The summed E-state index contributed by atoms with van der Waals surface area (Å²) in [6, 6.07) is 10.6. The number of hydrogen-bond donors (Lipinski definition) is 1. The zero-order chi connectivity index (χ0) is 15.5. The topological polar surface area (TPSA) is 29.1 Å². The Bertz CT molecular complexity index is 388. The predicted molar refractivity (Wildman–Crippen MR) is 90.3 cm³/mol. The third-order valence-electron chi connectivity index (χ3n) is 4.04. The molecule has 1 amide bonds. The highest BCUT2D eigenvalue weighted by Crippen LogP contribution is 2.15. The Morgan fingerprint density at radius 1 is 1.10 bits per heavy atom. The molecule has 0 aliphatic rings. The smallest absolute Gasteiger partial charge is 0.223 e. The molecule has 0 bridgehead atoms. The van der Waals surface area contributed by atoms with E-state index in [0.717, 1.165) is 19.3 Å². The van der Waals surface area contributed by atoms with Crippen LogP contribution in [0.15, 0.2) is 30.3 Å². The van der Waals surface area contributed by atoms with Crippen molar-refractivity contribution in [2.45, 2.75) is 71.8 Å². The molecule has 0 heterocycles. The summed E-state index contributed by atoms with van der Waals surface area (Å²) in [5.41, 5.74) is 1.28. The molecule has 2 nitrogen and oxygen atoms in total. The Balaban J connectivity index is 2.35. The summed E-state index contributed by atoms with van der Waals surface area (Å²) >= 11 is 0. The standard InChI is InChI=1S/C19H31NO/c1-4-6-7-11-14-18(5-2)19(21)20-16(3)15-17-12-9-8-10-13-17/h8-10,12-13,16,18H,4-7,11,14-15H2,1-3H3,(H,20,21). The van der Waals surface area contributed by atoms with Crippen LogP contribution in [0.5, 0.6) is 0 Å². The maximum Gasteiger partial charge on any atom is 0.223 e. The van der Waals surface area contributed by atoms with Gasteiger partial charge in [0.25, 0.3) is 0 Å². The van der Waals surface area contributed by atoms with Gasteiger partial charge in [-0.3, -0.25) is 4.79 Å². The largest absolute Gasteiger partial charge is 0.353 e. The summed E-state index contributed by atoms with van der Waals surface area (Å²) in [5, 5.41) is 3.18. The van der Waals surface area contributed by atoms with Crippen molar-refractivity contribution in [3.63, 3.8) is 0 Å². The van der Waals surface area contributed by atoms with Gasteiger partial charge in [-0.25, -0.2) is 0 Å². The second kappa shape index (κ2) is 10.4. The number of rotatable bonds is 10. The number of amides is 1. The maximum absolute atomic E-state index is 12.3. The van der Waals surface area contributed by atoms with Crippen molar-refractivity contribution in [2.75, 3.05) is 0 Å². The third-order valence-corrected chi connectivity index (χ3v) is 4.04. The first-order valence-corrected chi connectivity index (χ1v) is 8.51. The van der Waals surface area contributed by atoms with Gasteiger partial charge in [0.15, 0.2) is 0 Å². The van der Waals surface area contributed by atoms with E-state index >= 15 is 0 Å². The van der Waals surface area contributed by atoms with Gasteiger partial charge in [0.05, 0.1) is 0 Å². The molecule has 0 aliphatic heterocycles. The molecular weight excluding hydrogens is 258 g/mol. The van der Waals surface area contributed by atoms with Gasteiger partial charge in [-0.2, -0.15) is 0 Å². The van der Waals surface area contributed by atoms with Gasteiger partial charge in [-0.1, -0.05) is 69.9 Å². The van der Waals surface area contributed by atoms with Crippen molar-refractivity contribution in [1.29, 1.82) is 0 Å². The Hall–Kier alpha value is -1.31. The highest BCUT2D eigenvalue weighted by molar-refractivity contribution is 5.78. The van der Waals surface area contributed by atoms with Crippen molar-refractivity contribution in [1.82, 2.24) is 5.32 Å². The molecular formula is C19H31NO. The van der Waals surface area contributed by atoms with Crippen molar-refractivity contribution in [2.24, 2.45) is 5.92 Å². The molecule has 118 valence electrons. The summed E-state index contributed by atoms with van der Waals surface area (Å²) < 4.78 is 0. The maximum atomic E-state index is 12.3. The van der Waals surface area contributed by atoms with Crippen LogP contribution in [0.1, 0.15) is 64.9 Å². The molecule has 1 aromatic carbocycles. The minimum absolute atomic E-state index is 0.181. The van der Waals surface area contributed by atoms with Gasteiger partial charge in [0, 0.05) is 12.0 Å². The summed E-state index contributed by atoms with van der Waals surface area (Å²) in [6.07, 6.45) is 7.82. The van der Waals surface area contributed by atoms with Crippen LogP contribution in [-0.2, 0) is 11.2 Å². The van der Waals surface area contributed by atoms with Gasteiger partial charge < -0.3 is 5.32 Å². The van der Waals surface area contributed by atoms with E-state index in [4.69, 9.17) is 0 Å². The van der Waals surface area contributed by atoms with Gasteiger partial charge in [-0.05, 0) is 31.7 Å². The number of hydrogen-bond acceptors (Lipinski definition) is 1. The number of unbranched alkanes of at least 4 members (excludes halogenated alkanes) is 3. The highest BCUT2D eigenvalue weighted by Gasteiger charge is 2.17. The lowest BCUT2D eigenvalue weighted by Gasteiger charge is -2.19. The van der Waals surface area contributed by atoms with E-state index in [0.29, 0.717) is 0 Å². The molecule has 0 saturated carbocycles. The van der Waals surface area contributed by atoms with E-state index in [1.54, 1.807) is 0 Å². The second-order valence-corrected chi connectivity index (χ2v) is 6.05. The molecule has 1 N–H and O–H groups in total. The van der Waals surface area contributed by atoms with E-state index in [1.165, 1.54) is 31.2 Å². The van der Waals surface area contributed by atoms with Crippen LogP contribution < -0.4 is 5.32 Å². The van der Waals surface area contributed by atoms with Crippen LogP contribution in [0.2, 0.25) is 0 Å². The number of benzene rings is 1. The Kier molecular flexibility index (Phi) is 8.80. The van der Waals surface area contributed by atoms with Gasteiger partial charge in [0.1, 0.15) is 0 Å². The van der Waals surface area contributed by atoms with E-state index in [1.807, 2.05) is 18.2 Å². The first-order valence-electron chi connectivity index (χ1n) is 8.51. The van der Waals surface area contributed by atoms with Gasteiger partial charge in [0.2, 0.25) is 5.91 Å². The van der Waals surface area contributed by atoms with Gasteiger partial charge in [-0.15, -0.1) is 0 Å². The first kappa shape index (κ1) is 17.7. The molecule has 1 rings (SSSR count). The molecule has 0 spiro atoms. The van der Waals surface area contributed by atoms with E-state index in [2.05, 4.69) is 38.2 Å². The van der Waals surface area contributed by atoms with Crippen LogP contribution in [0.25, 0.3) is 0 Å². The first-order chi connectivity index (χ1) is 10.2. The lowest BCUT2D eigenvalue weighted by Crippen LogP contribution is -2.38. The van der Waals surface area contributed by atoms with Crippen LogP contribution >= 0.6 is 0 Å². The van der Waals surface area contributed by atoms with Crippen molar-refractivity contribution in [3.8, 4) is 0 Å². The quantitative estimate of drug-likeness (QED) is 0.620. The van der Waals surface area contributed by atoms with Crippen LogP contribution in [0.3, 0.4) is 0 Å².